The maximum Gasteiger partial charge on any atom is 0.335 e. The summed E-state index contributed by atoms with van der Waals surface area (Å²) in [6.45, 7) is 0. The Labute approximate surface area is 146 Å². The molecule has 2 heterocycles. The molecule has 4 aromatic rings. The highest BCUT2D eigenvalue weighted by Gasteiger charge is 2.13. The number of hydrogen-bond acceptors (Lipinski definition) is 2. The van der Waals surface area contributed by atoms with Crippen molar-refractivity contribution in [1.82, 2.24) is 4.98 Å². The second-order valence-corrected chi connectivity index (χ2v) is 5.99. The number of nitrogens with one attached hydrogen (secondary N) is 1. The molecule has 0 unspecified atom stereocenters. The van der Waals surface area contributed by atoms with E-state index in [1.54, 1.807) is 30.3 Å². The average Bonchev–Trinajstić information content (AvgIpc) is 3.21. The van der Waals surface area contributed by atoms with Crippen LogP contribution in [0.15, 0.2) is 59.0 Å². The first kappa shape index (κ1) is 15.5. The molecule has 0 saturated heterocycles. The Kier molecular flexibility index (Phi) is 3.58. The van der Waals surface area contributed by atoms with Crippen molar-refractivity contribution in [2.45, 2.75) is 0 Å². The highest BCUT2D eigenvalue weighted by Crippen LogP contribution is 2.33. The summed E-state index contributed by atoms with van der Waals surface area (Å²) >= 11 is 6.01. The Morgan fingerprint density at radius 1 is 1.04 bits per heavy atom. The quantitative estimate of drug-likeness (QED) is 0.503. The lowest BCUT2D eigenvalue weighted by Crippen LogP contribution is -1.94. The van der Waals surface area contributed by atoms with E-state index < -0.39 is 11.8 Å². The maximum atomic E-state index is 13.4. The van der Waals surface area contributed by atoms with Crippen molar-refractivity contribution in [3.8, 4) is 22.7 Å². The molecule has 0 aliphatic carbocycles. The normalized spacial score (nSPS) is 11.1. The van der Waals surface area contributed by atoms with Crippen LogP contribution >= 0.6 is 11.6 Å². The first-order valence-corrected chi connectivity index (χ1v) is 7.81. The van der Waals surface area contributed by atoms with Crippen LogP contribution in [-0.4, -0.2) is 16.1 Å². The molecule has 0 spiro atoms. The van der Waals surface area contributed by atoms with E-state index in [9.17, 15) is 9.18 Å². The van der Waals surface area contributed by atoms with Crippen molar-refractivity contribution in [2.75, 3.05) is 0 Å². The zero-order valence-corrected chi connectivity index (χ0v) is 13.5. The summed E-state index contributed by atoms with van der Waals surface area (Å²) < 4.78 is 19.2. The summed E-state index contributed by atoms with van der Waals surface area (Å²) in [5.74, 6) is -0.850. The van der Waals surface area contributed by atoms with Gasteiger partial charge in [0.1, 0.15) is 5.82 Å². The fraction of sp³-hybridized carbons (Fsp3) is 0. The summed E-state index contributed by atoms with van der Waals surface area (Å²) in [5.41, 5.74) is 3.02. The molecular weight excluding hydrogens is 345 g/mol. The Bertz CT molecular complexity index is 1100. The monoisotopic (exact) mass is 355 g/mol. The number of aromatic nitrogens is 1. The Morgan fingerprint density at radius 2 is 1.76 bits per heavy atom. The summed E-state index contributed by atoms with van der Waals surface area (Å²) in [6.07, 6.45) is 0. The maximum absolute atomic E-state index is 13.4. The number of fused-ring (bicyclic) bond motifs is 1. The van der Waals surface area contributed by atoms with E-state index in [0.717, 1.165) is 11.3 Å². The molecule has 0 bridgehead atoms. The van der Waals surface area contributed by atoms with Gasteiger partial charge < -0.3 is 14.5 Å². The van der Waals surface area contributed by atoms with Gasteiger partial charge in [0.25, 0.3) is 0 Å². The molecule has 0 fully saturated rings. The predicted octanol–water partition coefficient (Wildman–Crippen LogP) is 5.59. The minimum Gasteiger partial charge on any atom is -0.478 e. The lowest BCUT2D eigenvalue weighted by Gasteiger charge is -1.99. The summed E-state index contributed by atoms with van der Waals surface area (Å²) in [5, 5.41) is 9.76. The van der Waals surface area contributed by atoms with Crippen LogP contribution in [-0.2, 0) is 0 Å². The third kappa shape index (κ3) is 2.79. The predicted molar refractivity (Wildman–Crippen MR) is 93.4 cm³/mol. The molecule has 124 valence electrons. The molecule has 6 heteroatoms. The third-order valence-corrected chi connectivity index (χ3v) is 4.21. The van der Waals surface area contributed by atoms with Crippen molar-refractivity contribution in [2.24, 2.45) is 0 Å². The molecule has 0 saturated carbocycles. The lowest BCUT2D eigenvalue weighted by molar-refractivity contribution is 0.0697. The highest BCUT2D eigenvalue weighted by atomic mass is 35.5. The number of carboxylic acid groups (broad SMARTS) is 1. The van der Waals surface area contributed by atoms with Gasteiger partial charge in [-0.3, -0.25) is 0 Å². The summed E-state index contributed by atoms with van der Waals surface area (Å²) in [4.78, 5) is 14.1. The van der Waals surface area contributed by atoms with Gasteiger partial charge in [-0.15, -0.1) is 0 Å². The molecule has 0 atom stereocenters. The number of benzene rings is 2. The van der Waals surface area contributed by atoms with Gasteiger partial charge in [-0.05, 0) is 48.0 Å². The van der Waals surface area contributed by atoms with Gasteiger partial charge in [0, 0.05) is 11.1 Å². The minimum atomic E-state index is -0.967. The molecule has 0 amide bonds. The van der Waals surface area contributed by atoms with Gasteiger partial charge >= 0.3 is 5.97 Å². The van der Waals surface area contributed by atoms with E-state index in [4.69, 9.17) is 21.1 Å². The topological polar surface area (TPSA) is 66.2 Å². The van der Waals surface area contributed by atoms with Gasteiger partial charge in [0.2, 0.25) is 0 Å². The average molecular weight is 356 g/mol. The minimum absolute atomic E-state index is 0.220. The van der Waals surface area contributed by atoms with Gasteiger partial charge in [-0.1, -0.05) is 23.7 Å². The van der Waals surface area contributed by atoms with Crippen LogP contribution in [0.5, 0.6) is 0 Å². The first-order valence-electron chi connectivity index (χ1n) is 7.43. The number of rotatable bonds is 3. The Morgan fingerprint density at radius 3 is 2.48 bits per heavy atom. The molecule has 4 nitrogen and oxygen atoms in total. The Balaban J connectivity index is 1.71. The fourth-order valence-corrected chi connectivity index (χ4v) is 2.96. The van der Waals surface area contributed by atoms with Crippen molar-refractivity contribution >= 4 is 28.5 Å². The molecular formula is C19H11ClFNO3. The second kappa shape index (κ2) is 5.79. The van der Waals surface area contributed by atoms with Crippen LogP contribution < -0.4 is 0 Å². The van der Waals surface area contributed by atoms with Crippen LogP contribution in [0, 0.1) is 5.82 Å². The van der Waals surface area contributed by atoms with Crippen LogP contribution in [0.2, 0.25) is 5.02 Å². The molecule has 2 aromatic heterocycles. The zero-order valence-electron chi connectivity index (χ0n) is 12.7. The SMILES string of the molecule is O=C(O)c1ccc(-c2ccc(-c3cc4cc(F)cc(Cl)c4o3)[nH]2)cc1. The van der Waals surface area contributed by atoms with Gasteiger partial charge in [-0.25, -0.2) is 9.18 Å². The van der Waals surface area contributed by atoms with Crippen molar-refractivity contribution < 1.29 is 18.7 Å². The van der Waals surface area contributed by atoms with E-state index in [0.29, 0.717) is 22.4 Å². The zero-order chi connectivity index (χ0) is 17.6. The molecule has 2 aromatic carbocycles. The summed E-state index contributed by atoms with van der Waals surface area (Å²) in [6, 6.07) is 14.5. The van der Waals surface area contributed by atoms with Crippen molar-refractivity contribution in [1.29, 1.82) is 0 Å². The number of carbonyl (C=O) groups is 1. The fourth-order valence-electron chi connectivity index (χ4n) is 2.71. The van der Waals surface area contributed by atoms with E-state index in [1.165, 1.54) is 12.1 Å². The molecule has 4 rings (SSSR count). The number of furan rings is 1. The Hall–Kier alpha value is -3.05. The lowest BCUT2D eigenvalue weighted by atomic mass is 10.1. The standard InChI is InChI=1S/C19H11ClFNO3/c20-14-9-13(21)7-12-8-17(25-18(12)14)16-6-5-15(22-16)10-1-3-11(4-2-10)19(23)24/h1-9,22H,(H,23,24). The molecule has 25 heavy (non-hydrogen) atoms. The largest absolute Gasteiger partial charge is 0.478 e. The van der Waals surface area contributed by atoms with E-state index in [1.807, 2.05) is 12.1 Å². The number of aromatic carboxylic acids is 1. The third-order valence-electron chi connectivity index (χ3n) is 3.93. The van der Waals surface area contributed by atoms with Crippen LogP contribution in [0.3, 0.4) is 0 Å². The summed E-state index contributed by atoms with van der Waals surface area (Å²) in [7, 11) is 0. The van der Waals surface area contributed by atoms with Gasteiger partial charge in [0.15, 0.2) is 11.3 Å². The molecule has 0 radical (unpaired) electrons. The van der Waals surface area contributed by atoms with Crippen LogP contribution in [0.4, 0.5) is 4.39 Å². The van der Waals surface area contributed by atoms with Crippen LogP contribution in [0.25, 0.3) is 33.7 Å². The van der Waals surface area contributed by atoms with E-state index >= 15 is 0 Å². The van der Waals surface area contributed by atoms with E-state index in [-0.39, 0.29) is 10.6 Å². The first-order chi connectivity index (χ1) is 12.0. The van der Waals surface area contributed by atoms with Crippen molar-refractivity contribution in [3.05, 3.63) is 71.0 Å². The number of H-pyrrole nitrogens is 1. The number of carboxylic acids is 1. The molecule has 0 aliphatic rings. The molecule has 2 N–H and O–H groups in total. The number of halogens is 2. The smallest absolute Gasteiger partial charge is 0.335 e. The van der Waals surface area contributed by atoms with Gasteiger partial charge in [0.05, 0.1) is 16.3 Å². The van der Waals surface area contributed by atoms with Crippen LogP contribution in [0.1, 0.15) is 10.4 Å². The van der Waals surface area contributed by atoms with E-state index in [2.05, 4.69) is 4.98 Å². The highest BCUT2D eigenvalue weighted by molar-refractivity contribution is 6.34. The van der Waals surface area contributed by atoms with Gasteiger partial charge in [-0.2, -0.15) is 0 Å². The number of hydrogen-bond donors (Lipinski definition) is 2. The number of aromatic amines is 1. The second-order valence-electron chi connectivity index (χ2n) is 5.58. The van der Waals surface area contributed by atoms with Crippen molar-refractivity contribution in [3.63, 3.8) is 0 Å². The molecule has 0 aliphatic heterocycles.